The average Bonchev–Trinajstić information content (AvgIpc) is 3.32. The molecule has 0 saturated heterocycles. The van der Waals surface area contributed by atoms with Crippen LogP contribution in [0.3, 0.4) is 0 Å². The quantitative estimate of drug-likeness (QED) is 0.699. The Labute approximate surface area is 163 Å². The molecule has 146 valence electrons. The minimum absolute atomic E-state index is 0.275. The minimum atomic E-state index is -3.33. The molecule has 2 heterocycles. The van der Waals surface area contributed by atoms with E-state index in [-0.39, 0.29) is 16.1 Å². The predicted octanol–water partition coefficient (Wildman–Crippen LogP) is 3.54. The summed E-state index contributed by atoms with van der Waals surface area (Å²) >= 11 is 0. The number of carbonyl (C=O) groups is 1. The molecule has 0 aliphatic heterocycles. The van der Waals surface area contributed by atoms with E-state index in [2.05, 4.69) is 20.3 Å². The monoisotopic (exact) mass is 398 g/mol. The number of benzene rings is 1. The molecule has 2 N–H and O–H groups in total. The van der Waals surface area contributed by atoms with Crippen molar-refractivity contribution < 1.29 is 13.2 Å². The molecule has 2 aromatic heterocycles. The normalized spacial score (nSPS) is 15.2. The van der Waals surface area contributed by atoms with E-state index in [0.717, 1.165) is 29.5 Å². The zero-order valence-electron chi connectivity index (χ0n) is 15.8. The molecule has 1 amide bonds. The number of hydrogen-bond acceptors (Lipinski definition) is 5. The van der Waals surface area contributed by atoms with Gasteiger partial charge in [0.05, 0.1) is 15.5 Å². The SMILES string of the molecule is Cc1[nH]c2ncnc(NC(=O)c3ccc(S(=O)(=O)C4CCCC4)cc3)c2c1C. The second-order valence-electron chi connectivity index (χ2n) is 7.25. The highest BCUT2D eigenvalue weighted by Gasteiger charge is 2.30. The van der Waals surface area contributed by atoms with Gasteiger partial charge in [-0.15, -0.1) is 0 Å². The number of fused-ring (bicyclic) bond motifs is 1. The van der Waals surface area contributed by atoms with Gasteiger partial charge in [-0.05, 0) is 56.5 Å². The highest BCUT2D eigenvalue weighted by atomic mass is 32.2. The summed E-state index contributed by atoms with van der Waals surface area (Å²) in [5, 5.41) is 3.28. The van der Waals surface area contributed by atoms with Crippen molar-refractivity contribution >= 4 is 32.6 Å². The Kier molecular flexibility index (Phi) is 4.66. The lowest BCUT2D eigenvalue weighted by molar-refractivity contribution is 0.102. The van der Waals surface area contributed by atoms with Gasteiger partial charge in [0.15, 0.2) is 9.84 Å². The Bertz CT molecular complexity index is 1140. The molecule has 0 unspecified atom stereocenters. The molecule has 1 fully saturated rings. The number of sulfone groups is 1. The number of anilines is 1. The van der Waals surface area contributed by atoms with Crippen molar-refractivity contribution in [2.24, 2.45) is 0 Å². The van der Waals surface area contributed by atoms with Crippen molar-refractivity contribution in [3.8, 4) is 0 Å². The number of aryl methyl sites for hydroxylation is 2. The molecule has 1 saturated carbocycles. The van der Waals surface area contributed by atoms with Gasteiger partial charge in [-0.1, -0.05) is 12.8 Å². The second-order valence-corrected chi connectivity index (χ2v) is 9.48. The first-order chi connectivity index (χ1) is 13.4. The third-order valence-corrected chi connectivity index (χ3v) is 7.79. The maximum atomic E-state index is 12.7. The van der Waals surface area contributed by atoms with Crippen LogP contribution in [0.5, 0.6) is 0 Å². The molecule has 0 atom stereocenters. The first-order valence-electron chi connectivity index (χ1n) is 9.33. The standard InChI is InChI=1S/C20H22N4O3S/c1-12-13(2)23-18-17(12)19(22-11-21-18)24-20(25)14-7-9-16(10-8-14)28(26,27)15-5-3-4-6-15/h7-11,15H,3-6H2,1-2H3,(H2,21,22,23,24,25). The summed E-state index contributed by atoms with van der Waals surface area (Å²) < 4.78 is 25.3. The summed E-state index contributed by atoms with van der Waals surface area (Å²) in [5.41, 5.74) is 2.98. The summed E-state index contributed by atoms with van der Waals surface area (Å²) in [4.78, 5) is 24.5. The van der Waals surface area contributed by atoms with Crippen molar-refractivity contribution in [3.05, 3.63) is 47.4 Å². The third-order valence-electron chi connectivity index (χ3n) is 5.51. The number of rotatable bonds is 4. The van der Waals surface area contributed by atoms with Crippen LogP contribution in [0.15, 0.2) is 35.5 Å². The van der Waals surface area contributed by atoms with E-state index in [1.54, 1.807) is 12.1 Å². The highest BCUT2D eigenvalue weighted by Crippen LogP contribution is 2.30. The maximum Gasteiger partial charge on any atom is 0.256 e. The van der Waals surface area contributed by atoms with Crippen LogP contribution in [0, 0.1) is 13.8 Å². The third kappa shape index (κ3) is 3.17. The van der Waals surface area contributed by atoms with Gasteiger partial charge in [-0.2, -0.15) is 0 Å². The number of hydrogen-bond donors (Lipinski definition) is 2. The van der Waals surface area contributed by atoms with E-state index in [9.17, 15) is 13.2 Å². The molecule has 1 aliphatic rings. The Hall–Kier alpha value is -2.74. The molecule has 0 radical (unpaired) electrons. The summed E-state index contributed by atoms with van der Waals surface area (Å²) in [6, 6.07) is 6.13. The summed E-state index contributed by atoms with van der Waals surface area (Å²) in [6.45, 7) is 3.88. The van der Waals surface area contributed by atoms with E-state index < -0.39 is 9.84 Å². The summed E-state index contributed by atoms with van der Waals surface area (Å²) in [7, 11) is -3.33. The summed E-state index contributed by atoms with van der Waals surface area (Å²) in [5.74, 6) is 0.0857. The lowest BCUT2D eigenvalue weighted by Crippen LogP contribution is -2.18. The highest BCUT2D eigenvalue weighted by molar-refractivity contribution is 7.92. The van der Waals surface area contributed by atoms with Crippen LogP contribution < -0.4 is 5.32 Å². The molecular formula is C20H22N4O3S. The molecular weight excluding hydrogens is 376 g/mol. The van der Waals surface area contributed by atoms with Crippen molar-refractivity contribution in [2.75, 3.05) is 5.32 Å². The average molecular weight is 398 g/mol. The Morgan fingerprint density at radius 2 is 1.79 bits per heavy atom. The number of aromatic nitrogens is 3. The van der Waals surface area contributed by atoms with Crippen LogP contribution in [-0.2, 0) is 9.84 Å². The van der Waals surface area contributed by atoms with Gasteiger partial charge in [-0.3, -0.25) is 4.79 Å². The van der Waals surface area contributed by atoms with E-state index in [1.807, 2.05) is 13.8 Å². The first kappa shape index (κ1) is 18.6. The van der Waals surface area contributed by atoms with Crippen LogP contribution in [0.2, 0.25) is 0 Å². The van der Waals surface area contributed by atoms with Gasteiger partial charge in [0.2, 0.25) is 0 Å². The van der Waals surface area contributed by atoms with E-state index in [4.69, 9.17) is 0 Å². The zero-order chi connectivity index (χ0) is 19.9. The lowest BCUT2D eigenvalue weighted by Gasteiger charge is -2.11. The summed E-state index contributed by atoms with van der Waals surface area (Å²) in [6.07, 6.45) is 4.73. The van der Waals surface area contributed by atoms with Crippen molar-refractivity contribution in [1.82, 2.24) is 15.0 Å². The van der Waals surface area contributed by atoms with Crippen molar-refractivity contribution in [3.63, 3.8) is 0 Å². The molecule has 0 spiro atoms. The van der Waals surface area contributed by atoms with Crippen LogP contribution in [-0.4, -0.2) is 34.5 Å². The Balaban J connectivity index is 1.58. The number of carbonyl (C=O) groups excluding carboxylic acids is 1. The van der Waals surface area contributed by atoms with Crippen LogP contribution in [0.25, 0.3) is 11.0 Å². The number of nitrogens with one attached hydrogen (secondary N) is 2. The fraction of sp³-hybridized carbons (Fsp3) is 0.350. The second kappa shape index (κ2) is 7.01. The van der Waals surface area contributed by atoms with Crippen molar-refractivity contribution in [1.29, 1.82) is 0 Å². The fourth-order valence-corrected chi connectivity index (χ4v) is 5.61. The number of amides is 1. The number of nitrogens with zero attached hydrogens (tertiary/aromatic N) is 2. The Morgan fingerprint density at radius 3 is 2.46 bits per heavy atom. The van der Waals surface area contributed by atoms with E-state index in [1.165, 1.54) is 18.5 Å². The van der Waals surface area contributed by atoms with Gasteiger partial charge >= 0.3 is 0 Å². The number of H-pyrrole nitrogens is 1. The molecule has 8 heteroatoms. The predicted molar refractivity (Wildman–Crippen MR) is 107 cm³/mol. The van der Waals surface area contributed by atoms with E-state index in [0.29, 0.717) is 29.9 Å². The fourth-order valence-electron chi connectivity index (χ4n) is 3.76. The van der Waals surface area contributed by atoms with Crippen LogP contribution in [0.4, 0.5) is 5.82 Å². The molecule has 7 nitrogen and oxygen atoms in total. The molecule has 1 aromatic carbocycles. The van der Waals surface area contributed by atoms with Crippen LogP contribution >= 0.6 is 0 Å². The minimum Gasteiger partial charge on any atom is -0.343 e. The van der Waals surface area contributed by atoms with Gasteiger partial charge in [0, 0.05) is 11.3 Å². The molecule has 1 aliphatic carbocycles. The first-order valence-corrected chi connectivity index (χ1v) is 10.9. The lowest BCUT2D eigenvalue weighted by atomic mass is 10.2. The van der Waals surface area contributed by atoms with Gasteiger partial charge < -0.3 is 10.3 Å². The van der Waals surface area contributed by atoms with Gasteiger partial charge in [0.25, 0.3) is 5.91 Å². The van der Waals surface area contributed by atoms with Gasteiger partial charge in [0.1, 0.15) is 17.8 Å². The molecule has 0 bridgehead atoms. The molecule has 28 heavy (non-hydrogen) atoms. The smallest absolute Gasteiger partial charge is 0.256 e. The maximum absolute atomic E-state index is 12.7. The van der Waals surface area contributed by atoms with E-state index >= 15 is 0 Å². The zero-order valence-corrected chi connectivity index (χ0v) is 16.6. The largest absolute Gasteiger partial charge is 0.343 e. The van der Waals surface area contributed by atoms with Crippen molar-refractivity contribution in [2.45, 2.75) is 49.7 Å². The number of aromatic amines is 1. The molecule has 4 rings (SSSR count). The van der Waals surface area contributed by atoms with Crippen LogP contribution in [0.1, 0.15) is 47.3 Å². The topological polar surface area (TPSA) is 105 Å². The Morgan fingerprint density at radius 1 is 1.11 bits per heavy atom. The molecule has 3 aromatic rings. The van der Waals surface area contributed by atoms with Gasteiger partial charge in [-0.25, -0.2) is 18.4 Å².